The maximum Gasteiger partial charge on any atom is 0.340 e. The number of pyridine rings is 1. The largest absolute Gasteiger partial charge is 0.465 e. The van der Waals surface area contributed by atoms with Crippen LogP contribution in [-0.2, 0) is 9.53 Å². The third-order valence-corrected chi connectivity index (χ3v) is 4.13. The van der Waals surface area contributed by atoms with Crippen molar-refractivity contribution in [3.05, 3.63) is 54.1 Å². The van der Waals surface area contributed by atoms with Gasteiger partial charge in [-0.2, -0.15) is 0 Å². The van der Waals surface area contributed by atoms with Crippen LogP contribution in [-0.4, -0.2) is 39.9 Å². The van der Waals surface area contributed by atoms with Crippen molar-refractivity contribution in [1.29, 1.82) is 0 Å². The maximum absolute atomic E-state index is 13.6. The summed E-state index contributed by atoms with van der Waals surface area (Å²) in [6.07, 6.45) is 3.20. The highest BCUT2D eigenvalue weighted by atomic mass is 32.2. The second-order valence-corrected chi connectivity index (χ2v) is 6.06. The van der Waals surface area contributed by atoms with Gasteiger partial charge in [0, 0.05) is 23.6 Å². The summed E-state index contributed by atoms with van der Waals surface area (Å²) in [5.74, 6) is -1.63. The van der Waals surface area contributed by atoms with Gasteiger partial charge in [-0.05, 0) is 30.3 Å². The molecule has 1 amide bonds. The molecule has 0 radical (unpaired) electrons. The van der Waals surface area contributed by atoms with Crippen LogP contribution in [0, 0.1) is 5.82 Å². The van der Waals surface area contributed by atoms with Crippen LogP contribution in [0.15, 0.2) is 52.4 Å². The first-order chi connectivity index (χ1) is 13.1. The lowest BCUT2D eigenvalue weighted by Gasteiger charge is -2.07. The number of carbonyl (C=O) groups is 2. The number of carbonyl (C=O) groups excluding carboxylic acids is 2. The van der Waals surface area contributed by atoms with E-state index in [0.717, 1.165) is 30.5 Å². The molecule has 3 rings (SSSR count). The van der Waals surface area contributed by atoms with Crippen molar-refractivity contribution in [2.24, 2.45) is 0 Å². The van der Waals surface area contributed by atoms with Gasteiger partial charge in [-0.1, -0.05) is 11.8 Å². The SMILES string of the molecule is COC(=O)c1cc(NC(=O)CSc2nnc(-c3ccncc3)o2)ccc1F. The molecule has 0 bridgehead atoms. The molecule has 10 heteroatoms. The topological polar surface area (TPSA) is 107 Å². The maximum atomic E-state index is 13.6. The highest BCUT2D eigenvalue weighted by Gasteiger charge is 2.15. The Morgan fingerprint density at radius 1 is 1.22 bits per heavy atom. The number of nitrogens with one attached hydrogen (secondary N) is 1. The van der Waals surface area contributed by atoms with Crippen LogP contribution in [0.3, 0.4) is 0 Å². The zero-order chi connectivity index (χ0) is 19.2. The summed E-state index contributed by atoms with van der Waals surface area (Å²) < 4.78 is 23.6. The third-order valence-electron chi connectivity index (χ3n) is 3.32. The lowest BCUT2D eigenvalue weighted by molar-refractivity contribution is -0.113. The molecule has 3 aromatic rings. The van der Waals surface area contributed by atoms with E-state index >= 15 is 0 Å². The summed E-state index contributed by atoms with van der Waals surface area (Å²) in [5, 5.41) is 10.6. The fraction of sp³-hybridized carbons (Fsp3) is 0.118. The average Bonchev–Trinajstić information content (AvgIpc) is 3.17. The molecule has 0 fully saturated rings. The second kappa shape index (κ2) is 8.41. The molecule has 0 aliphatic rings. The van der Waals surface area contributed by atoms with E-state index in [0.29, 0.717) is 5.89 Å². The minimum absolute atomic E-state index is 0.0110. The average molecular weight is 388 g/mol. The fourth-order valence-electron chi connectivity index (χ4n) is 2.07. The first-order valence-electron chi connectivity index (χ1n) is 7.61. The van der Waals surface area contributed by atoms with Crippen molar-refractivity contribution in [3.8, 4) is 11.5 Å². The van der Waals surface area contributed by atoms with E-state index < -0.39 is 11.8 Å². The number of anilines is 1. The van der Waals surface area contributed by atoms with Crippen molar-refractivity contribution < 1.29 is 23.1 Å². The number of rotatable bonds is 6. The van der Waals surface area contributed by atoms with Crippen LogP contribution in [0.5, 0.6) is 0 Å². The molecule has 2 heterocycles. The Hall–Kier alpha value is -3.27. The first-order valence-corrected chi connectivity index (χ1v) is 8.60. The van der Waals surface area contributed by atoms with Crippen LogP contribution < -0.4 is 5.32 Å². The smallest absolute Gasteiger partial charge is 0.340 e. The van der Waals surface area contributed by atoms with E-state index in [1.807, 2.05) is 0 Å². The van der Waals surface area contributed by atoms with Gasteiger partial charge in [0.1, 0.15) is 5.82 Å². The zero-order valence-corrected chi connectivity index (χ0v) is 14.8. The van der Waals surface area contributed by atoms with Crippen LogP contribution in [0.2, 0.25) is 0 Å². The van der Waals surface area contributed by atoms with Gasteiger partial charge < -0.3 is 14.5 Å². The van der Waals surface area contributed by atoms with Crippen molar-refractivity contribution in [3.63, 3.8) is 0 Å². The van der Waals surface area contributed by atoms with Crippen molar-refractivity contribution in [1.82, 2.24) is 15.2 Å². The van der Waals surface area contributed by atoms with E-state index in [1.165, 1.54) is 12.1 Å². The van der Waals surface area contributed by atoms with Gasteiger partial charge in [0.25, 0.3) is 5.22 Å². The molecule has 8 nitrogen and oxygen atoms in total. The summed E-state index contributed by atoms with van der Waals surface area (Å²) in [6, 6.07) is 7.08. The van der Waals surface area contributed by atoms with Crippen molar-refractivity contribution in [2.75, 3.05) is 18.2 Å². The Balaban J connectivity index is 1.59. The standard InChI is InChI=1S/C17H13FN4O4S/c1-25-16(24)12-8-11(2-3-13(12)18)20-14(23)9-27-17-22-21-15(26-17)10-4-6-19-7-5-10/h2-8H,9H2,1H3,(H,20,23). The molecule has 0 saturated carbocycles. The first kappa shape index (κ1) is 18.5. The molecule has 2 aromatic heterocycles. The van der Waals surface area contributed by atoms with Gasteiger partial charge in [0.05, 0.1) is 18.4 Å². The number of ether oxygens (including phenoxy) is 1. The molecule has 0 unspecified atom stereocenters. The number of hydrogen-bond donors (Lipinski definition) is 1. The number of amides is 1. The highest BCUT2D eigenvalue weighted by Crippen LogP contribution is 2.23. The summed E-state index contributed by atoms with van der Waals surface area (Å²) in [5.41, 5.74) is 0.725. The number of aromatic nitrogens is 3. The normalized spacial score (nSPS) is 10.4. The number of nitrogens with zero attached hydrogens (tertiary/aromatic N) is 3. The summed E-state index contributed by atoms with van der Waals surface area (Å²) in [6.45, 7) is 0. The second-order valence-electron chi connectivity index (χ2n) is 5.13. The van der Waals surface area contributed by atoms with E-state index in [1.54, 1.807) is 24.5 Å². The fourth-order valence-corrected chi connectivity index (χ4v) is 2.64. The predicted octanol–water partition coefficient (Wildman–Crippen LogP) is 2.79. The Kier molecular flexibility index (Phi) is 5.77. The molecule has 0 atom stereocenters. The Bertz CT molecular complexity index is 965. The van der Waals surface area contributed by atoms with Crippen LogP contribution in [0.1, 0.15) is 10.4 Å². The van der Waals surface area contributed by atoms with Gasteiger partial charge in [0.2, 0.25) is 11.8 Å². The Morgan fingerprint density at radius 2 is 2.00 bits per heavy atom. The lowest BCUT2D eigenvalue weighted by Crippen LogP contribution is -2.15. The summed E-state index contributed by atoms with van der Waals surface area (Å²) in [4.78, 5) is 27.5. The Morgan fingerprint density at radius 3 is 2.74 bits per heavy atom. The number of thioether (sulfide) groups is 1. The molecular weight excluding hydrogens is 375 g/mol. The molecule has 0 aliphatic carbocycles. The number of hydrogen-bond acceptors (Lipinski definition) is 8. The van der Waals surface area contributed by atoms with Gasteiger partial charge in [0.15, 0.2) is 0 Å². The number of halogens is 1. The monoisotopic (exact) mass is 388 g/mol. The van der Waals surface area contributed by atoms with Crippen molar-refractivity contribution >= 4 is 29.3 Å². The summed E-state index contributed by atoms with van der Waals surface area (Å²) >= 11 is 1.05. The van der Waals surface area contributed by atoms with Gasteiger partial charge in [-0.25, -0.2) is 9.18 Å². The number of esters is 1. The Labute approximate surface area is 157 Å². The van der Waals surface area contributed by atoms with E-state index in [4.69, 9.17) is 4.42 Å². The molecular formula is C17H13FN4O4S. The molecule has 0 aliphatic heterocycles. The van der Waals surface area contributed by atoms with Gasteiger partial charge >= 0.3 is 5.97 Å². The highest BCUT2D eigenvalue weighted by molar-refractivity contribution is 7.99. The molecule has 1 aromatic carbocycles. The quantitative estimate of drug-likeness (QED) is 0.507. The van der Waals surface area contributed by atoms with E-state index in [2.05, 4.69) is 25.2 Å². The molecule has 0 saturated heterocycles. The van der Waals surface area contributed by atoms with Gasteiger partial charge in [-0.3, -0.25) is 9.78 Å². The van der Waals surface area contributed by atoms with Crippen LogP contribution >= 0.6 is 11.8 Å². The minimum atomic E-state index is -0.826. The number of methoxy groups -OCH3 is 1. The van der Waals surface area contributed by atoms with Crippen LogP contribution in [0.25, 0.3) is 11.5 Å². The lowest BCUT2D eigenvalue weighted by atomic mass is 10.2. The number of benzene rings is 1. The van der Waals surface area contributed by atoms with E-state index in [9.17, 15) is 14.0 Å². The minimum Gasteiger partial charge on any atom is -0.465 e. The third kappa shape index (κ3) is 4.67. The summed E-state index contributed by atoms with van der Waals surface area (Å²) in [7, 11) is 1.15. The van der Waals surface area contributed by atoms with Crippen molar-refractivity contribution in [2.45, 2.75) is 5.22 Å². The van der Waals surface area contributed by atoms with E-state index in [-0.39, 0.29) is 28.1 Å². The van der Waals surface area contributed by atoms with Crippen LogP contribution in [0.4, 0.5) is 10.1 Å². The van der Waals surface area contributed by atoms with Gasteiger partial charge in [-0.15, -0.1) is 10.2 Å². The predicted molar refractivity (Wildman–Crippen MR) is 94.6 cm³/mol. The molecule has 27 heavy (non-hydrogen) atoms. The molecule has 0 spiro atoms. The zero-order valence-electron chi connectivity index (χ0n) is 14.0. The molecule has 1 N–H and O–H groups in total. The molecule has 138 valence electrons.